The summed E-state index contributed by atoms with van der Waals surface area (Å²) in [5.41, 5.74) is 3.13. The monoisotopic (exact) mass is 670 g/mol. The molecule has 1 amide bonds. The molecule has 0 spiro atoms. The third-order valence-electron chi connectivity index (χ3n) is 10.3. The summed E-state index contributed by atoms with van der Waals surface area (Å²) in [6.07, 6.45) is 9.03. The maximum atomic E-state index is 13.8. The first-order valence-electron chi connectivity index (χ1n) is 17.5. The highest BCUT2D eigenvalue weighted by Crippen LogP contribution is 2.40. The SMILES string of the molecule is C=CC(=O)Nc1cc(Nc2cc(N3OCC[C@@H]3Cc3cccc(F)c3)ncn2)c(OC)cc1N1CCC(N2CCN(C3CC3)[C@@H](C)C2)CC1. The van der Waals surface area contributed by atoms with Crippen LogP contribution in [-0.4, -0.2) is 96.3 Å². The highest BCUT2D eigenvalue weighted by Gasteiger charge is 2.37. The Morgan fingerprint density at radius 3 is 2.61 bits per heavy atom. The van der Waals surface area contributed by atoms with Gasteiger partial charge in [-0.2, -0.15) is 0 Å². The summed E-state index contributed by atoms with van der Waals surface area (Å²) >= 11 is 0. The number of hydrogen-bond donors (Lipinski definition) is 2. The van der Waals surface area contributed by atoms with Crippen molar-refractivity contribution in [2.24, 2.45) is 0 Å². The standard InChI is InChI=1S/C37H47FN8O3/c1-4-37(47)42-31-20-32(41-35-22-36(40-24-39-35)46-30(12-17-49-46)19-26-6-5-7-27(38)18-26)34(48-3)21-33(31)43-13-10-28(11-14-43)44-15-16-45(25(2)23-44)29-8-9-29/h4-7,18,20-22,24-25,28-30H,1,8-17,19,23H2,2-3H3,(H,42,47)(H,39,40,41)/t25-,30+/m0/s1. The van der Waals surface area contributed by atoms with Gasteiger partial charge in [0.25, 0.3) is 0 Å². The van der Waals surface area contributed by atoms with Gasteiger partial charge in [0.1, 0.15) is 23.7 Å². The van der Waals surface area contributed by atoms with Gasteiger partial charge in [0, 0.05) is 63.0 Å². The van der Waals surface area contributed by atoms with Gasteiger partial charge in [-0.15, -0.1) is 0 Å². The minimum atomic E-state index is -0.283. The summed E-state index contributed by atoms with van der Waals surface area (Å²) in [5.74, 6) is 1.22. The van der Waals surface area contributed by atoms with Gasteiger partial charge in [-0.25, -0.2) is 19.4 Å². The predicted octanol–water partition coefficient (Wildman–Crippen LogP) is 5.38. The number of piperazine rings is 1. The summed E-state index contributed by atoms with van der Waals surface area (Å²) in [6, 6.07) is 14.3. The molecule has 2 aromatic carbocycles. The molecule has 2 atom stereocenters. The van der Waals surface area contributed by atoms with Crippen LogP contribution < -0.4 is 25.3 Å². The van der Waals surface area contributed by atoms with E-state index < -0.39 is 0 Å². The van der Waals surface area contributed by atoms with Crippen molar-refractivity contribution in [3.63, 3.8) is 0 Å². The van der Waals surface area contributed by atoms with Crippen LogP contribution in [0.4, 0.5) is 33.1 Å². The average Bonchev–Trinajstić information content (AvgIpc) is 3.85. The molecular formula is C37H47FN8O3. The lowest BCUT2D eigenvalue weighted by molar-refractivity contribution is -0.111. The number of hydroxylamine groups is 1. The van der Waals surface area contributed by atoms with Crippen LogP contribution in [0.1, 0.15) is 44.6 Å². The van der Waals surface area contributed by atoms with Crippen molar-refractivity contribution in [2.75, 3.05) is 67.0 Å². The molecule has 7 rings (SSSR count). The number of methoxy groups -OCH3 is 1. The molecule has 0 radical (unpaired) electrons. The minimum absolute atomic E-state index is 0.000948. The van der Waals surface area contributed by atoms with Gasteiger partial charge in [-0.1, -0.05) is 18.7 Å². The van der Waals surface area contributed by atoms with Gasteiger partial charge in [0.2, 0.25) is 5.91 Å². The number of rotatable bonds is 11. The summed E-state index contributed by atoms with van der Waals surface area (Å²) in [5, 5.41) is 8.19. The van der Waals surface area contributed by atoms with E-state index in [0.29, 0.717) is 53.9 Å². The molecule has 0 unspecified atom stereocenters. The van der Waals surface area contributed by atoms with E-state index in [1.54, 1.807) is 24.3 Å². The van der Waals surface area contributed by atoms with E-state index in [4.69, 9.17) is 9.57 Å². The molecule has 4 heterocycles. The van der Waals surface area contributed by atoms with Gasteiger partial charge < -0.3 is 20.3 Å². The Kier molecular flexibility index (Phi) is 9.97. The fourth-order valence-electron chi connectivity index (χ4n) is 7.69. The molecule has 1 saturated carbocycles. The van der Waals surface area contributed by atoms with Crippen molar-refractivity contribution < 1.29 is 18.8 Å². The Morgan fingerprint density at radius 1 is 1.04 bits per heavy atom. The number of carbonyl (C=O) groups is 1. The largest absolute Gasteiger partial charge is 0.494 e. The Morgan fingerprint density at radius 2 is 1.88 bits per heavy atom. The molecule has 260 valence electrons. The Hall–Kier alpha value is -4.26. The van der Waals surface area contributed by atoms with E-state index in [1.165, 1.54) is 37.9 Å². The number of nitrogens with one attached hydrogen (secondary N) is 2. The molecule has 12 heteroatoms. The van der Waals surface area contributed by atoms with Crippen molar-refractivity contribution in [1.29, 1.82) is 0 Å². The molecule has 1 aliphatic carbocycles. The molecule has 1 aromatic heterocycles. The molecule has 3 aliphatic heterocycles. The molecular weight excluding hydrogens is 623 g/mol. The fourth-order valence-corrected chi connectivity index (χ4v) is 7.69. The van der Waals surface area contributed by atoms with Crippen LogP contribution in [0.2, 0.25) is 0 Å². The summed E-state index contributed by atoms with van der Waals surface area (Å²) < 4.78 is 19.7. The van der Waals surface area contributed by atoms with Gasteiger partial charge in [0.15, 0.2) is 5.82 Å². The number of carbonyl (C=O) groups excluding carboxylic acids is 1. The number of aromatic nitrogens is 2. The Bertz CT molecular complexity index is 1650. The van der Waals surface area contributed by atoms with Gasteiger partial charge in [-0.05, 0) is 75.3 Å². The molecule has 3 saturated heterocycles. The first kappa shape index (κ1) is 33.2. The quantitative estimate of drug-likeness (QED) is 0.259. The normalized spacial score (nSPS) is 22.3. The van der Waals surface area contributed by atoms with Gasteiger partial charge in [0.05, 0.1) is 36.8 Å². The third kappa shape index (κ3) is 7.66. The van der Waals surface area contributed by atoms with Crippen molar-refractivity contribution >= 4 is 34.6 Å². The highest BCUT2D eigenvalue weighted by molar-refractivity contribution is 6.02. The zero-order valence-electron chi connectivity index (χ0n) is 28.5. The first-order chi connectivity index (χ1) is 23.9. The maximum absolute atomic E-state index is 13.8. The second-order valence-corrected chi connectivity index (χ2v) is 13.6. The van der Waals surface area contributed by atoms with Crippen LogP contribution in [0.25, 0.3) is 0 Å². The van der Waals surface area contributed by atoms with Crippen LogP contribution >= 0.6 is 0 Å². The number of amides is 1. The molecule has 49 heavy (non-hydrogen) atoms. The average molecular weight is 671 g/mol. The Balaban J connectivity index is 1.06. The predicted molar refractivity (Wildman–Crippen MR) is 190 cm³/mol. The van der Waals surface area contributed by atoms with Crippen molar-refractivity contribution in [2.45, 2.75) is 69.6 Å². The molecule has 4 fully saturated rings. The van der Waals surface area contributed by atoms with Crippen LogP contribution in [0.5, 0.6) is 5.75 Å². The summed E-state index contributed by atoms with van der Waals surface area (Å²) in [6.45, 7) is 11.8. The van der Waals surface area contributed by atoms with E-state index >= 15 is 0 Å². The second-order valence-electron chi connectivity index (χ2n) is 13.6. The molecule has 4 aliphatic rings. The number of anilines is 5. The van der Waals surface area contributed by atoms with Gasteiger partial charge >= 0.3 is 0 Å². The zero-order valence-corrected chi connectivity index (χ0v) is 28.5. The van der Waals surface area contributed by atoms with Crippen molar-refractivity contribution in [3.05, 3.63) is 72.8 Å². The van der Waals surface area contributed by atoms with Crippen LogP contribution in [0, 0.1) is 5.82 Å². The number of ether oxygens (including phenoxy) is 1. The van der Waals surface area contributed by atoms with E-state index in [2.05, 4.69) is 48.8 Å². The first-order valence-corrected chi connectivity index (χ1v) is 17.5. The second kappa shape index (κ2) is 14.7. The van der Waals surface area contributed by atoms with E-state index in [0.717, 1.165) is 62.7 Å². The van der Waals surface area contributed by atoms with E-state index in [-0.39, 0.29) is 17.8 Å². The van der Waals surface area contributed by atoms with Crippen molar-refractivity contribution in [3.8, 4) is 5.75 Å². The lowest BCUT2D eigenvalue weighted by Crippen LogP contribution is -2.57. The number of piperidine rings is 1. The topological polar surface area (TPSA) is 98.3 Å². The zero-order chi connectivity index (χ0) is 33.9. The number of benzene rings is 2. The molecule has 0 bridgehead atoms. The van der Waals surface area contributed by atoms with E-state index in [1.807, 2.05) is 24.3 Å². The third-order valence-corrected chi connectivity index (χ3v) is 10.3. The van der Waals surface area contributed by atoms with Crippen molar-refractivity contribution in [1.82, 2.24) is 19.8 Å². The van der Waals surface area contributed by atoms with Crippen LogP contribution in [-0.2, 0) is 16.1 Å². The molecule has 11 nitrogen and oxygen atoms in total. The summed E-state index contributed by atoms with van der Waals surface area (Å²) in [7, 11) is 1.64. The lowest BCUT2D eigenvalue weighted by Gasteiger charge is -2.46. The number of halogens is 1. The van der Waals surface area contributed by atoms with Crippen LogP contribution in [0.15, 0.2) is 61.4 Å². The smallest absolute Gasteiger partial charge is 0.247 e. The molecule has 3 aromatic rings. The number of hydrogen-bond acceptors (Lipinski definition) is 10. The van der Waals surface area contributed by atoms with E-state index in [9.17, 15) is 9.18 Å². The number of nitrogens with zero attached hydrogens (tertiary/aromatic N) is 6. The maximum Gasteiger partial charge on any atom is 0.247 e. The lowest BCUT2D eigenvalue weighted by atomic mass is 9.99. The van der Waals surface area contributed by atoms with Gasteiger partial charge in [-0.3, -0.25) is 19.4 Å². The molecule has 2 N–H and O–H groups in total. The minimum Gasteiger partial charge on any atom is -0.494 e. The fraction of sp³-hybridized carbons (Fsp3) is 0.486. The summed E-state index contributed by atoms with van der Waals surface area (Å²) in [4.78, 5) is 35.3. The highest BCUT2D eigenvalue weighted by atomic mass is 19.1. The van der Waals surface area contributed by atoms with Crippen LogP contribution in [0.3, 0.4) is 0 Å². The Labute approximate surface area is 288 Å².